The predicted octanol–water partition coefficient (Wildman–Crippen LogP) is 1.12. The Morgan fingerprint density at radius 2 is 1.88 bits per heavy atom. The van der Waals surface area contributed by atoms with Gasteiger partial charge in [-0.2, -0.15) is 0 Å². The molecule has 144 valence electrons. The van der Waals surface area contributed by atoms with Crippen LogP contribution in [0.4, 0.5) is 4.79 Å². The van der Waals surface area contributed by atoms with E-state index in [0.717, 1.165) is 0 Å². The van der Waals surface area contributed by atoms with Gasteiger partial charge in [-0.25, -0.2) is 4.79 Å². The maximum atomic E-state index is 12.5. The number of hydrogen-bond donors (Lipinski definition) is 1. The number of carbonyl (C=O) groups is 3. The number of esters is 1. The largest absolute Gasteiger partial charge is 0.460 e. The van der Waals surface area contributed by atoms with Crippen molar-refractivity contribution in [3.8, 4) is 0 Å². The molecule has 1 aliphatic rings. The molecule has 0 spiro atoms. The molecular formula is C17H31N3O5. The van der Waals surface area contributed by atoms with Gasteiger partial charge < -0.3 is 25.0 Å². The van der Waals surface area contributed by atoms with Gasteiger partial charge >= 0.3 is 12.1 Å². The summed E-state index contributed by atoms with van der Waals surface area (Å²) in [7, 11) is 0. The maximum Gasteiger partial charge on any atom is 0.409 e. The van der Waals surface area contributed by atoms with E-state index in [0.29, 0.717) is 26.2 Å². The average Bonchev–Trinajstić information content (AvgIpc) is 2.50. The molecule has 2 amide bonds. The van der Waals surface area contributed by atoms with Gasteiger partial charge in [0.15, 0.2) is 0 Å². The zero-order chi connectivity index (χ0) is 19.2. The van der Waals surface area contributed by atoms with E-state index in [9.17, 15) is 14.4 Å². The number of ether oxygens (including phenoxy) is 2. The average molecular weight is 357 g/mol. The summed E-state index contributed by atoms with van der Waals surface area (Å²) in [5, 5.41) is 0. The van der Waals surface area contributed by atoms with Gasteiger partial charge in [0.2, 0.25) is 5.91 Å². The highest BCUT2D eigenvalue weighted by Crippen LogP contribution is 2.14. The molecule has 0 aliphatic carbocycles. The van der Waals surface area contributed by atoms with Crippen molar-refractivity contribution in [2.75, 3.05) is 26.2 Å². The minimum Gasteiger partial charge on any atom is -0.460 e. The fraction of sp³-hybridized carbons (Fsp3) is 0.824. The molecule has 2 atom stereocenters. The van der Waals surface area contributed by atoms with Crippen LogP contribution in [0, 0.1) is 0 Å². The summed E-state index contributed by atoms with van der Waals surface area (Å²) in [4.78, 5) is 39.3. The summed E-state index contributed by atoms with van der Waals surface area (Å²) in [6, 6.07) is -0.914. The number of amides is 2. The second kappa shape index (κ2) is 9.03. The van der Waals surface area contributed by atoms with E-state index >= 15 is 0 Å². The van der Waals surface area contributed by atoms with Crippen molar-refractivity contribution in [3.05, 3.63) is 0 Å². The fourth-order valence-electron chi connectivity index (χ4n) is 2.67. The number of piperazine rings is 1. The summed E-state index contributed by atoms with van der Waals surface area (Å²) >= 11 is 0. The normalized spacial score (nSPS) is 19.4. The van der Waals surface area contributed by atoms with E-state index in [2.05, 4.69) is 0 Å². The first-order valence-corrected chi connectivity index (χ1v) is 8.74. The first kappa shape index (κ1) is 21.2. The zero-order valence-electron chi connectivity index (χ0n) is 15.9. The summed E-state index contributed by atoms with van der Waals surface area (Å²) in [6.45, 7) is 10.5. The van der Waals surface area contributed by atoms with E-state index in [-0.39, 0.29) is 36.9 Å². The predicted molar refractivity (Wildman–Crippen MR) is 92.8 cm³/mol. The van der Waals surface area contributed by atoms with Crippen molar-refractivity contribution in [2.24, 2.45) is 5.73 Å². The van der Waals surface area contributed by atoms with Gasteiger partial charge in [-0.05, 0) is 41.0 Å². The Balaban J connectivity index is 2.48. The number of hydrogen-bond acceptors (Lipinski definition) is 6. The Morgan fingerprint density at radius 3 is 2.40 bits per heavy atom. The van der Waals surface area contributed by atoms with Crippen molar-refractivity contribution in [1.82, 2.24) is 9.80 Å². The molecule has 1 rings (SSSR count). The minimum absolute atomic E-state index is 0.0986. The first-order chi connectivity index (χ1) is 11.5. The molecule has 0 aromatic rings. The third kappa shape index (κ3) is 6.89. The lowest BCUT2D eigenvalue weighted by Gasteiger charge is -2.40. The molecule has 1 aliphatic heterocycles. The third-order valence-corrected chi connectivity index (χ3v) is 3.83. The molecule has 0 saturated carbocycles. The maximum absolute atomic E-state index is 12.5. The monoisotopic (exact) mass is 357 g/mol. The van der Waals surface area contributed by atoms with Gasteiger partial charge in [-0.1, -0.05) is 0 Å². The van der Waals surface area contributed by atoms with Gasteiger partial charge in [0, 0.05) is 32.1 Å². The molecular weight excluding hydrogens is 326 g/mol. The molecule has 2 unspecified atom stereocenters. The Hall–Kier alpha value is -1.83. The van der Waals surface area contributed by atoms with Crippen LogP contribution < -0.4 is 5.73 Å². The van der Waals surface area contributed by atoms with Gasteiger partial charge in [-0.3, -0.25) is 9.59 Å². The van der Waals surface area contributed by atoms with Crippen LogP contribution in [-0.4, -0.2) is 71.7 Å². The van der Waals surface area contributed by atoms with Crippen LogP contribution in [0.3, 0.4) is 0 Å². The van der Waals surface area contributed by atoms with Gasteiger partial charge in [0.1, 0.15) is 5.60 Å². The number of nitrogens with two attached hydrogens (primary N) is 1. The number of nitrogens with zero attached hydrogens (tertiary/aromatic N) is 2. The highest BCUT2D eigenvalue weighted by molar-refractivity contribution is 5.83. The highest BCUT2D eigenvalue weighted by atomic mass is 16.6. The standard InChI is InChI=1S/C17H31N3O5/c1-6-24-16(23)19-9-10-20(12(2)11-19)15(22)13(18)7-8-14(21)25-17(3,4)5/h12-13H,6-11,18H2,1-5H3. The van der Waals surface area contributed by atoms with E-state index in [1.165, 1.54) is 0 Å². The fourth-order valence-corrected chi connectivity index (χ4v) is 2.67. The van der Waals surface area contributed by atoms with Gasteiger partial charge in [0.05, 0.1) is 12.6 Å². The lowest BCUT2D eigenvalue weighted by Crippen LogP contribution is -2.58. The molecule has 0 aromatic carbocycles. The Labute approximate surface area is 149 Å². The summed E-state index contributed by atoms with van der Waals surface area (Å²) in [5.74, 6) is -0.574. The van der Waals surface area contributed by atoms with Crippen LogP contribution in [0.25, 0.3) is 0 Å². The molecule has 2 N–H and O–H groups in total. The summed E-state index contributed by atoms with van der Waals surface area (Å²) < 4.78 is 10.2. The zero-order valence-corrected chi connectivity index (χ0v) is 15.9. The molecule has 1 fully saturated rings. The van der Waals surface area contributed by atoms with Crippen molar-refractivity contribution < 1.29 is 23.9 Å². The smallest absolute Gasteiger partial charge is 0.409 e. The molecule has 0 aromatic heterocycles. The second-order valence-corrected chi connectivity index (χ2v) is 7.26. The molecule has 0 radical (unpaired) electrons. The van der Waals surface area contributed by atoms with Gasteiger partial charge in [0.25, 0.3) is 0 Å². The molecule has 8 heteroatoms. The minimum atomic E-state index is -0.760. The molecule has 25 heavy (non-hydrogen) atoms. The lowest BCUT2D eigenvalue weighted by molar-refractivity contribution is -0.155. The molecule has 1 saturated heterocycles. The summed E-state index contributed by atoms with van der Waals surface area (Å²) in [6.07, 6.45) is -0.0319. The van der Waals surface area contributed by atoms with Gasteiger partial charge in [-0.15, -0.1) is 0 Å². The van der Waals surface area contributed by atoms with Crippen LogP contribution in [0.1, 0.15) is 47.5 Å². The summed E-state index contributed by atoms with van der Waals surface area (Å²) in [5.41, 5.74) is 5.41. The van der Waals surface area contributed by atoms with E-state index in [1.807, 2.05) is 6.92 Å². The van der Waals surface area contributed by atoms with E-state index in [4.69, 9.17) is 15.2 Å². The number of carbonyl (C=O) groups excluding carboxylic acids is 3. The molecule has 8 nitrogen and oxygen atoms in total. The Kier molecular flexibility index (Phi) is 7.66. The van der Waals surface area contributed by atoms with Crippen molar-refractivity contribution >= 4 is 18.0 Å². The lowest BCUT2D eigenvalue weighted by atomic mass is 10.1. The van der Waals surface area contributed by atoms with E-state index in [1.54, 1.807) is 37.5 Å². The van der Waals surface area contributed by atoms with Crippen LogP contribution in [0.15, 0.2) is 0 Å². The SMILES string of the molecule is CCOC(=O)N1CCN(C(=O)C(N)CCC(=O)OC(C)(C)C)C(C)C1. The second-order valence-electron chi connectivity index (χ2n) is 7.26. The van der Waals surface area contributed by atoms with Crippen molar-refractivity contribution in [1.29, 1.82) is 0 Å². The topological polar surface area (TPSA) is 102 Å². The quantitative estimate of drug-likeness (QED) is 0.740. The van der Waals surface area contributed by atoms with Crippen LogP contribution >= 0.6 is 0 Å². The Bertz CT molecular complexity index is 489. The van der Waals surface area contributed by atoms with Crippen molar-refractivity contribution in [2.45, 2.75) is 65.1 Å². The molecule has 1 heterocycles. The highest BCUT2D eigenvalue weighted by Gasteiger charge is 2.32. The first-order valence-electron chi connectivity index (χ1n) is 8.74. The molecule has 0 bridgehead atoms. The van der Waals surface area contributed by atoms with Crippen molar-refractivity contribution in [3.63, 3.8) is 0 Å². The van der Waals surface area contributed by atoms with Crippen LogP contribution in [0.2, 0.25) is 0 Å². The Morgan fingerprint density at radius 1 is 1.24 bits per heavy atom. The third-order valence-electron chi connectivity index (χ3n) is 3.83. The van der Waals surface area contributed by atoms with Crippen LogP contribution in [-0.2, 0) is 19.1 Å². The van der Waals surface area contributed by atoms with Crippen LogP contribution in [0.5, 0.6) is 0 Å². The number of rotatable bonds is 5. The van der Waals surface area contributed by atoms with E-state index < -0.39 is 11.6 Å².